The molecule has 0 radical (unpaired) electrons. The molecule has 88 valence electrons. The molecule has 1 N–H and O–H groups in total. The summed E-state index contributed by atoms with van der Waals surface area (Å²) in [6.45, 7) is 3.73. The number of hydrogen-bond donors (Lipinski definition) is 1. The molecule has 16 heavy (non-hydrogen) atoms. The van der Waals surface area contributed by atoms with Crippen LogP contribution in [-0.2, 0) is 6.42 Å². The second-order valence-corrected chi connectivity index (χ2v) is 4.31. The molecule has 1 rings (SSSR count). The van der Waals surface area contributed by atoms with E-state index in [0.29, 0.717) is 0 Å². The summed E-state index contributed by atoms with van der Waals surface area (Å²) in [7, 11) is 1.74. The van der Waals surface area contributed by atoms with Crippen molar-refractivity contribution in [2.24, 2.45) is 0 Å². The fourth-order valence-corrected chi connectivity index (χ4v) is 1.42. The molecule has 0 unspecified atom stereocenters. The zero-order chi connectivity index (χ0) is 12.3. The number of halogens is 1. The zero-order valence-electron chi connectivity index (χ0n) is 9.58. The van der Waals surface area contributed by atoms with E-state index in [1.54, 1.807) is 7.05 Å². The minimum absolute atomic E-state index is 0.145. The number of rotatable bonds is 4. The van der Waals surface area contributed by atoms with Crippen molar-refractivity contribution in [2.45, 2.75) is 25.8 Å². The average molecular weight is 226 g/mol. The highest BCUT2D eigenvalue weighted by atomic mass is 19.1. The molecule has 1 aromatic carbocycles. The zero-order valence-corrected chi connectivity index (χ0v) is 9.58. The van der Waals surface area contributed by atoms with E-state index < -0.39 is 10.7 Å². The highest BCUT2D eigenvalue weighted by molar-refractivity contribution is 5.41. The van der Waals surface area contributed by atoms with E-state index in [9.17, 15) is 14.5 Å². The molecular formula is C11H15FN2O2. The molecule has 0 spiro atoms. The third kappa shape index (κ3) is 2.76. The van der Waals surface area contributed by atoms with Gasteiger partial charge in [-0.2, -0.15) is 0 Å². The Morgan fingerprint density at radius 1 is 1.50 bits per heavy atom. The number of nitrogens with one attached hydrogen (secondary N) is 1. The predicted molar refractivity (Wildman–Crippen MR) is 59.9 cm³/mol. The number of likely N-dealkylation sites (N-methyl/N-ethyl adjacent to an activating group) is 1. The molecule has 0 heterocycles. The maximum absolute atomic E-state index is 13.5. The predicted octanol–water partition coefficient (Wildman–Crippen LogP) is 2.27. The van der Waals surface area contributed by atoms with Crippen molar-refractivity contribution in [3.8, 4) is 0 Å². The van der Waals surface area contributed by atoms with Gasteiger partial charge in [0.05, 0.1) is 10.5 Å². The lowest BCUT2D eigenvalue weighted by molar-refractivity contribution is -0.385. The number of hydrogen-bond acceptors (Lipinski definition) is 3. The molecule has 0 bridgehead atoms. The summed E-state index contributed by atoms with van der Waals surface area (Å²) < 4.78 is 13.5. The van der Waals surface area contributed by atoms with Gasteiger partial charge >= 0.3 is 0 Å². The smallest absolute Gasteiger partial charge is 0.275 e. The van der Waals surface area contributed by atoms with Crippen LogP contribution in [0.3, 0.4) is 0 Å². The van der Waals surface area contributed by atoms with Crippen molar-refractivity contribution in [3.63, 3.8) is 0 Å². The van der Waals surface area contributed by atoms with Gasteiger partial charge in [-0.3, -0.25) is 10.1 Å². The van der Waals surface area contributed by atoms with Gasteiger partial charge in [-0.05, 0) is 33.4 Å². The quantitative estimate of drug-likeness (QED) is 0.633. The number of nitrogens with zero attached hydrogens (tertiary/aromatic N) is 1. The lowest BCUT2D eigenvalue weighted by Crippen LogP contribution is -2.38. The standard InChI is InChI=1S/C11H15FN2O2/c1-11(2,13-3)7-8-9(12)5-4-6-10(8)14(15)16/h4-6,13H,7H2,1-3H3. The van der Waals surface area contributed by atoms with Crippen molar-refractivity contribution in [2.75, 3.05) is 7.05 Å². The molecule has 5 heteroatoms. The fourth-order valence-electron chi connectivity index (χ4n) is 1.42. The Balaban J connectivity index is 3.16. The van der Waals surface area contributed by atoms with Crippen LogP contribution in [0.4, 0.5) is 10.1 Å². The molecule has 0 aliphatic rings. The van der Waals surface area contributed by atoms with Gasteiger partial charge in [-0.25, -0.2) is 4.39 Å². The summed E-state index contributed by atoms with van der Waals surface area (Å²) in [6, 6.07) is 3.92. The Morgan fingerprint density at radius 2 is 2.12 bits per heavy atom. The third-order valence-electron chi connectivity index (χ3n) is 2.59. The van der Waals surface area contributed by atoms with E-state index in [1.165, 1.54) is 18.2 Å². The lowest BCUT2D eigenvalue weighted by atomic mass is 9.94. The molecule has 0 amide bonds. The number of nitro benzene ring substituents is 1. The Labute approximate surface area is 93.6 Å². The van der Waals surface area contributed by atoms with Crippen LogP contribution in [0.1, 0.15) is 19.4 Å². The first-order valence-electron chi connectivity index (χ1n) is 4.98. The van der Waals surface area contributed by atoms with Crippen molar-refractivity contribution >= 4 is 5.69 Å². The van der Waals surface area contributed by atoms with E-state index >= 15 is 0 Å². The first kappa shape index (κ1) is 12.6. The summed E-state index contributed by atoms with van der Waals surface area (Å²) in [5, 5.41) is 13.8. The largest absolute Gasteiger partial charge is 0.314 e. The number of benzene rings is 1. The minimum Gasteiger partial charge on any atom is -0.314 e. The first-order chi connectivity index (χ1) is 7.37. The van der Waals surface area contributed by atoms with E-state index in [1.807, 2.05) is 13.8 Å². The average Bonchev–Trinajstić information content (AvgIpc) is 2.20. The molecule has 1 aromatic rings. The molecule has 0 aromatic heterocycles. The maximum Gasteiger partial charge on any atom is 0.275 e. The second-order valence-electron chi connectivity index (χ2n) is 4.31. The third-order valence-corrected chi connectivity index (χ3v) is 2.59. The number of nitro groups is 1. The Morgan fingerprint density at radius 3 is 2.62 bits per heavy atom. The van der Waals surface area contributed by atoms with Gasteiger partial charge in [0.25, 0.3) is 5.69 Å². The molecular weight excluding hydrogens is 211 g/mol. The van der Waals surface area contributed by atoms with E-state index in [4.69, 9.17) is 0 Å². The van der Waals surface area contributed by atoms with Crippen molar-refractivity contribution < 1.29 is 9.31 Å². The summed E-state index contributed by atoms with van der Waals surface area (Å²) >= 11 is 0. The Hall–Kier alpha value is -1.49. The van der Waals surface area contributed by atoms with Gasteiger partial charge in [0.2, 0.25) is 0 Å². The summed E-state index contributed by atoms with van der Waals surface area (Å²) in [5.74, 6) is -0.530. The maximum atomic E-state index is 13.5. The Bertz CT molecular complexity index is 405. The monoisotopic (exact) mass is 226 g/mol. The van der Waals surface area contributed by atoms with Crippen LogP contribution in [0.2, 0.25) is 0 Å². The topological polar surface area (TPSA) is 55.2 Å². The second kappa shape index (κ2) is 4.57. The van der Waals surface area contributed by atoms with Crippen LogP contribution in [0.5, 0.6) is 0 Å². The Kier molecular flexibility index (Phi) is 3.59. The van der Waals surface area contributed by atoms with Crippen molar-refractivity contribution in [1.29, 1.82) is 0 Å². The van der Waals surface area contributed by atoms with Crippen LogP contribution in [0.25, 0.3) is 0 Å². The first-order valence-corrected chi connectivity index (χ1v) is 4.98. The molecule has 0 saturated carbocycles. The van der Waals surface area contributed by atoms with Crippen LogP contribution in [-0.4, -0.2) is 17.5 Å². The molecule has 0 atom stereocenters. The van der Waals surface area contributed by atoms with Gasteiger partial charge in [-0.1, -0.05) is 6.07 Å². The van der Waals surface area contributed by atoms with Crippen LogP contribution in [0.15, 0.2) is 18.2 Å². The summed E-state index contributed by atoms with van der Waals surface area (Å²) in [5.41, 5.74) is -0.400. The van der Waals surface area contributed by atoms with Gasteiger partial charge < -0.3 is 5.32 Å². The van der Waals surface area contributed by atoms with Gasteiger partial charge in [0, 0.05) is 11.6 Å². The fraction of sp³-hybridized carbons (Fsp3) is 0.455. The molecule has 4 nitrogen and oxygen atoms in total. The molecule has 0 aliphatic heterocycles. The lowest BCUT2D eigenvalue weighted by Gasteiger charge is -2.23. The van der Waals surface area contributed by atoms with Crippen LogP contribution >= 0.6 is 0 Å². The summed E-state index contributed by atoms with van der Waals surface area (Å²) in [4.78, 5) is 10.2. The van der Waals surface area contributed by atoms with Gasteiger partial charge in [-0.15, -0.1) is 0 Å². The van der Waals surface area contributed by atoms with Crippen molar-refractivity contribution in [1.82, 2.24) is 5.32 Å². The minimum atomic E-state index is -0.551. The SMILES string of the molecule is CNC(C)(C)Cc1c(F)cccc1[N+](=O)[O-]. The van der Waals surface area contributed by atoms with E-state index in [0.717, 1.165) is 0 Å². The normalized spacial score (nSPS) is 11.5. The van der Waals surface area contributed by atoms with Crippen molar-refractivity contribution in [3.05, 3.63) is 39.7 Å². The molecule has 0 aliphatic carbocycles. The highest BCUT2D eigenvalue weighted by Gasteiger charge is 2.24. The summed E-state index contributed by atoms with van der Waals surface area (Å²) in [6.07, 6.45) is 0.270. The van der Waals surface area contributed by atoms with Gasteiger partial charge in [0.1, 0.15) is 5.82 Å². The van der Waals surface area contributed by atoms with Crippen LogP contribution in [0, 0.1) is 15.9 Å². The molecule has 0 fully saturated rings. The van der Waals surface area contributed by atoms with Crippen LogP contribution < -0.4 is 5.32 Å². The van der Waals surface area contributed by atoms with E-state index in [-0.39, 0.29) is 23.2 Å². The molecule has 0 saturated heterocycles. The van der Waals surface area contributed by atoms with E-state index in [2.05, 4.69) is 5.32 Å². The highest BCUT2D eigenvalue weighted by Crippen LogP contribution is 2.25. The van der Waals surface area contributed by atoms with Gasteiger partial charge in [0.15, 0.2) is 0 Å².